The average molecular weight is 237 g/mol. The average Bonchev–Trinajstić information content (AvgIpc) is 2.29. The topological polar surface area (TPSA) is 36.3 Å². The molecule has 1 aromatic rings. The highest BCUT2D eigenvalue weighted by atomic mass is 35.5. The second-order valence-corrected chi connectivity index (χ2v) is 4.32. The number of benzene rings is 1. The number of nitrogens with zero attached hydrogens (tertiary/aromatic N) is 2. The first kappa shape index (κ1) is 11.1. The Bertz CT molecular complexity index is 428. The molecule has 1 unspecified atom stereocenters. The van der Waals surface area contributed by atoms with Crippen LogP contribution in [0.2, 0.25) is 5.02 Å². The fraction of sp³-hybridized carbons (Fsp3) is 0.417. The summed E-state index contributed by atoms with van der Waals surface area (Å²) >= 11 is 5.96. The summed E-state index contributed by atoms with van der Waals surface area (Å²) in [6.45, 7) is 0.632. The molecular weight excluding hydrogens is 224 g/mol. The second kappa shape index (κ2) is 4.63. The molecule has 0 spiro atoms. The molecule has 0 fully saturated rings. The lowest BCUT2D eigenvalue weighted by molar-refractivity contribution is 0.261. The van der Waals surface area contributed by atoms with Crippen molar-refractivity contribution < 1.29 is 4.74 Å². The molecule has 0 saturated carbocycles. The van der Waals surface area contributed by atoms with E-state index >= 15 is 0 Å². The standard InChI is InChI=1S/C12H13ClN2O/c1-15-10(3-2-6-14)8-16-12-5-4-9(13)7-11(12)15/h4-5,7,10H,2-3,8H2,1H3. The quantitative estimate of drug-likeness (QED) is 0.792. The van der Waals surface area contributed by atoms with Crippen LogP contribution in [0, 0.1) is 11.3 Å². The van der Waals surface area contributed by atoms with Gasteiger partial charge in [-0.1, -0.05) is 11.6 Å². The van der Waals surface area contributed by atoms with E-state index in [0.29, 0.717) is 18.1 Å². The molecule has 0 radical (unpaired) electrons. The van der Waals surface area contributed by atoms with Gasteiger partial charge in [-0.25, -0.2) is 0 Å². The molecule has 1 atom stereocenters. The molecule has 1 heterocycles. The summed E-state index contributed by atoms with van der Waals surface area (Å²) in [6.07, 6.45) is 1.37. The maximum absolute atomic E-state index is 8.59. The summed E-state index contributed by atoms with van der Waals surface area (Å²) in [5.74, 6) is 0.861. The zero-order valence-corrected chi connectivity index (χ0v) is 9.87. The number of halogens is 1. The molecule has 1 aromatic carbocycles. The van der Waals surface area contributed by atoms with Crippen molar-refractivity contribution in [3.8, 4) is 11.8 Å². The lowest BCUT2D eigenvalue weighted by Gasteiger charge is -2.35. The summed E-state index contributed by atoms with van der Waals surface area (Å²) in [5.41, 5.74) is 1.00. The number of anilines is 1. The normalized spacial score (nSPS) is 18.6. The highest BCUT2D eigenvalue weighted by molar-refractivity contribution is 6.30. The van der Waals surface area contributed by atoms with Gasteiger partial charge >= 0.3 is 0 Å². The second-order valence-electron chi connectivity index (χ2n) is 3.88. The molecule has 1 aliphatic rings. The molecule has 0 saturated heterocycles. The molecule has 0 N–H and O–H groups in total. The Morgan fingerprint density at radius 3 is 3.19 bits per heavy atom. The lowest BCUT2D eigenvalue weighted by atomic mass is 10.1. The lowest BCUT2D eigenvalue weighted by Crippen LogP contribution is -2.40. The van der Waals surface area contributed by atoms with Gasteiger partial charge in [-0.2, -0.15) is 5.26 Å². The molecule has 4 heteroatoms. The summed E-state index contributed by atoms with van der Waals surface area (Å²) in [7, 11) is 2.01. The predicted molar refractivity (Wildman–Crippen MR) is 64.0 cm³/mol. The molecular formula is C12H13ClN2O. The van der Waals surface area contributed by atoms with E-state index in [1.807, 2.05) is 25.2 Å². The van der Waals surface area contributed by atoms with Gasteiger partial charge in [-0.3, -0.25) is 0 Å². The molecule has 84 valence electrons. The monoisotopic (exact) mass is 236 g/mol. The number of likely N-dealkylation sites (N-methyl/N-ethyl adjacent to an activating group) is 1. The van der Waals surface area contributed by atoms with Crippen LogP contribution in [-0.4, -0.2) is 19.7 Å². The maximum Gasteiger partial charge on any atom is 0.142 e. The van der Waals surface area contributed by atoms with Crippen LogP contribution < -0.4 is 9.64 Å². The molecule has 1 aliphatic heterocycles. The highest BCUT2D eigenvalue weighted by Gasteiger charge is 2.24. The third kappa shape index (κ3) is 2.07. The Labute approximate surface area is 100 Å². The molecule has 0 aromatic heterocycles. The van der Waals surface area contributed by atoms with Crippen LogP contribution in [0.25, 0.3) is 0 Å². The fourth-order valence-electron chi connectivity index (χ4n) is 1.89. The first-order valence-electron chi connectivity index (χ1n) is 5.24. The van der Waals surface area contributed by atoms with Gasteiger partial charge in [0.1, 0.15) is 12.4 Å². The van der Waals surface area contributed by atoms with Crippen molar-refractivity contribution in [1.82, 2.24) is 0 Å². The van der Waals surface area contributed by atoms with E-state index in [4.69, 9.17) is 21.6 Å². The molecule has 0 aliphatic carbocycles. The van der Waals surface area contributed by atoms with Gasteiger partial charge in [0.2, 0.25) is 0 Å². The number of rotatable bonds is 2. The van der Waals surface area contributed by atoms with E-state index in [9.17, 15) is 0 Å². The highest BCUT2D eigenvalue weighted by Crippen LogP contribution is 2.35. The van der Waals surface area contributed by atoms with Crippen LogP contribution in [0.1, 0.15) is 12.8 Å². The minimum absolute atomic E-state index is 0.255. The van der Waals surface area contributed by atoms with Crippen LogP contribution in [0.15, 0.2) is 18.2 Å². The van der Waals surface area contributed by atoms with Crippen molar-refractivity contribution in [1.29, 1.82) is 5.26 Å². The largest absolute Gasteiger partial charge is 0.489 e. The van der Waals surface area contributed by atoms with E-state index in [0.717, 1.165) is 17.9 Å². The maximum atomic E-state index is 8.59. The van der Waals surface area contributed by atoms with E-state index in [-0.39, 0.29) is 6.04 Å². The SMILES string of the molecule is CN1c2cc(Cl)ccc2OCC1CCC#N. The smallest absolute Gasteiger partial charge is 0.142 e. The van der Waals surface area contributed by atoms with Gasteiger partial charge in [0.25, 0.3) is 0 Å². The van der Waals surface area contributed by atoms with Crippen LogP contribution in [0.4, 0.5) is 5.69 Å². The Morgan fingerprint density at radius 1 is 1.62 bits per heavy atom. The zero-order chi connectivity index (χ0) is 11.5. The molecule has 0 bridgehead atoms. The predicted octanol–water partition coefficient (Wildman–Crippen LogP) is 2.84. The first-order chi connectivity index (χ1) is 7.72. The Morgan fingerprint density at radius 2 is 2.44 bits per heavy atom. The Hall–Kier alpha value is -1.40. The van der Waals surface area contributed by atoms with Gasteiger partial charge in [0.05, 0.1) is 17.8 Å². The molecule has 0 amide bonds. The Kier molecular flexibility index (Phi) is 3.21. The van der Waals surface area contributed by atoms with Gasteiger partial charge < -0.3 is 9.64 Å². The third-order valence-electron chi connectivity index (χ3n) is 2.87. The van der Waals surface area contributed by atoms with E-state index in [2.05, 4.69) is 11.0 Å². The van der Waals surface area contributed by atoms with Crippen molar-refractivity contribution >= 4 is 17.3 Å². The van der Waals surface area contributed by atoms with Crippen LogP contribution in [0.5, 0.6) is 5.75 Å². The molecule has 2 rings (SSSR count). The number of nitriles is 1. The van der Waals surface area contributed by atoms with Gasteiger partial charge in [0.15, 0.2) is 0 Å². The number of ether oxygens (including phenoxy) is 1. The first-order valence-corrected chi connectivity index (χ1v) is 5.62. The number of fused-ring (bicyclic) bond motifs is 1. The molecule has 3 nitrogen and oxygen atoms in total. The summed E-state index contributed by atoms with van der Waals surface area (Å²) in [6, 6.07) is 8.02. The van der Waals surface area contributed by atoms with Crippen LogP contribution in [0.3, 0.4) is 0 Å². The zero-order valence-electron chi connectivity index (χ0n) is 9.11. The van der Waals surface area contributed by atoms with Gasteiger partial charge in [-0.15, -0.1) is 0 Å². The van der Waals surface area contributed by atoms with Crippen molar-refractivity contribution in [3.05, 3.63) is 23.2 Å². The van der Waals surface area contributed by atoms with Crippen molar-refractivity contribution in [3.63, 3.8) is 0 Å². The summed E-state index contributed by atoms with van der Waals surface area (Å²) in [5, 5.41) is 9.30. The summed E-state index contributed by atoms with van der Waals surface area (Å²) in [4.78, 5) is 2.14. The van der Waals surface area contributed by atoms with Crippen molar-refractivity contribution in [2.45, 2.75) is 18.9 Å². The summed E-state index contributed by atoms with van der Waals surface area (Å²) < 4.78 is 5.65. The third-order valence-corrected chi connectivity index (χ3v) is 3.10. The van der Waals surface area contributed by atoms with Crippen LogP contribution >= 0.6 is 11.6 Å². The van der Waals surface area contributed by atoms with Crippen molar-refractivity contribution in [2.75, 3.05) is 18.6 Å². The van der Waals surface area contributed by atoms with Crippen LogP contribution in [-0.2, 0) is 0 Å². The van der Waals surface area contributed by atoms with Crippen molar-refractivity contribution in [2.24, 2.45) is 0 Å². The Balaban J connectivity index is 2.21. The minimum Gasteiger partial charge on any atom is -0.489 e. The fourth-order valence-corrected chi connectivity index (χ4v) is 2.06. The number of hydrogen-bond donors (Lipinski definition) is 0. The minimum atomic E-state index is 0.255. The van der Waals surface area contributed by atoms with Gasteiger partial charge in [0, 0.05) is 18.5 Å². The van der Waals surface area contributed by atoms with Gasteiger partial charge in [-0.05, 0) is 24.6 Å². The number of hydrogen-bond acceptors (Lipinski definition) is 3. The molecule has 16 heavy (non-hydrogen) atoms. The van der Waals surface area contributed by atoms with E-state index < -0.39 is 0 Å². The van der Waals surface area contributed by atoms with E-state index in [1.165, 1.54) is 0 Å². The van der Waals surface area contributed by atoms with E-state index in [1.54, 1.807) is 0 Å².